The summed E-state index contributed by atoms with van der Waals surface area (Å²) in [6.07, 6.45) is 7.03. The first-order valence-corrected chi connectivity index (χ1v) is 21.9. The summed E-state index contributed by atoms with van der Waals surface area (Å²) in [6, 6.07) is 6.90. The van der Waals surface area contributed by atoms with Gasteiger partial charge in [-0.15, -0.1) is 0 Å². The third-order valence-corrected chi connectivity index (χ3v) is 16.9. The number of hydrogen-bond acceptors (Lipinski definition) is 7. The molecule has 8 atom stereocenters. The van der Waals surface area contributed by atoms with Gasteiger partial charge < -0.3 is 26.2 Å². The Morgan fingerprint density at radius 3 is 2.23 bits per heavy atom. The van der Waals surface area contributed by atoms with Crippen molar-refractivity contribution in [2.24, 2.45) is 61.9 Å². The number of amides is 1. The van der Waals surface area contributed by atoms with Crippen molar-refractivity contribution in [1.29, 1.82) is 0 Å². The first-order valence-electron chi connectivity index (χ1n) is 21.1. The first kappa shape index (κ1) is 43.7. The van der Waals surface area contributed by atoms with Gasteiger partial charge in [0.2, 0.25) is 0 Å². The highest BCUT2D eigenvalue weighted by Gasteiger charge is 2.70. The minimum absolute atomic E-state index is 0.000178. The molecule has 0 bridgehead atoms. The quantitative estimate of drug-likeness (QED) is 0.127. The maximum Gasteiger partial charge on any atom is 0.309 e. The number of fused-ring (bicyclic) bond motifs is 7. The predicted molar refractivity (Wildman–Crippen MR) is 225 cm³/mol. The molecule has 5 aliphatic rings. The minimum Gasteiger partial charge on any atom is -0.481 e. The van der Waals surface area contributed by atoms with E-state index in [1.54, 1.807) is 38.1 Å². The van der Waals surface area contributed by atoms with E-state index >= 15 is 0 Å². The largest absolute Gasteiger partial charge is 0.481 e. The number of carbonyl (C=O) groups is 4. The van der Waals surface area contributed by atoms with E-state index < -0.39 is 28.7 Å². The number of hydrogen-bond donors (Lipinski definition) is 4. The lowest BCUT2D eigenvalue weighted by Gasteiger charge is -2.72. The summed E-state index contributed by atoms with van der Waals surface area (Å²) in [7, 11) is 0. The summed E-state index contributed by atoms with van der Waals surface area (Å²) in [5.74, 6) is -0.891. The van der Waals surface area contributed by atoms with Gasteiger partial charge in [0.25, 0.3) is 5.91 Å². The summed E-state index contributed by atoms with van der Waals surface area (Å²) in [4.78, 5) is 53.3. The van der Waals surface area contributed by atoms with Crippen molar-refractivity contribution in [3.63, 3.8) is 0 Å². The number of halogens is 2. The summed E-state index contributed by atoms with van der Waals surface area (Å²) < 4.78 is 6.18. The van der Waals surface area contributed by atoms with Crippen LogP contribution in [0.1, 0.15) is 127 Å². The topological polar surface area (TPSA) is 148 Å². The molecule has 11 heteroatoms. The Hall–Kier alpha value is -2.88. The number of allylic oxidation sites excluding steroid dienone is 2. The third kappa shape index (κ3) is 7.07. The normalized spacial score (nSPS) is 35.0. The molecule has 5 aliphatic carbocycles. The number of nitrogens with one attached hydrogen (secondary N) is 2. The Morgan fingerprint density at radius 1 is 0.947 bits per heavy atom. The van der Waals surface area contributed by atoms with Gasteiger partial charge in [-0.05, 0) is 141 Å². The van der Waals surface area contributed by atoms with E-state index in [2.05, 4.69) is 59.1 Å². The molecule has 4 fully saturated rings. The molecule has 314 valence electrons. The Labute approximate surface area is 349 Å². The fraction of sp³-hybridized carbons (Fsp3) is 0.696. The average molecular weight is 827 g/mol. The van der Waals surface area contributed by atoms with Crippen molar-refractivity contribution in [3.05, 3.63) is 51.2 Å². The lowest BCUT2D eigenvalue weighted by molar-refractivity contribution is -0.233. The van der Waals surface area contributed by atoms with Crippen LogP contribution < -0.4 is 16.4 Å². The van der Waals surface area contributed by atoms with Gasteiger partial charge in [0, 0.05) is 46.7 Å². The SMILES string of the molecule is CC(C)C1=C2[C@H]3CCC4[C@@]5(C)CC[C@H](OC(=O)CC(C)(C)C(=O)O)C(C)(C)C5CC[C@@]4(C)[C@]3(C)CC[C@@]2(/C(NCCN)=C(\Cl)C(=O)Nc2ccc(Cl)cc2)CC1=O. The number of esters is 1. The standard InChI is InChI=1S/C46H65Cl2N3O6/c1-26(2)35-30(52)24-46(38(50-23-22-49)37(48)39(54)51-28-12-10-27(47)11-13-28)21-20-44(8)29(36(35)46)14-15-32-43(7)18-17-33(57-34(53)25-41(3,4)40(55)56)42(5,6)31(43)16-19-45(32,44)9/h10-13,26,29,31-33,50H,14-25,49H2,1-9H3,(H,51,54)(H,55,56)/b38-37+/t29-,31?,32?,33+,43+,44-,45-,46-/m1/s1. The van der Waals surface area contributed by atoms with Gasteiger partial charge in [-0.1, -0.05) is 71.7 Å². The molecule has 1 aromatic rings. The highest BCUT2D eigenvalue weighted by atomic mass is 35.5. The highest BCUT2D eigenvalue weighted by Crippen LogP contribution is 2.77. The minimum atomic E-state index is -1.19. The van der Waals surface area contributed by atoms with Crippen molar-refractivity contribution < 1.29 is 29.0 Å². The third-order valence-electron chi connectivity index (χ3n) is 16.3. The zero-order valence-corrected chi connectivity index (χ0v) is 37.0. The van der Waals surface area contributed by atoms with Crippen LogP contribution in [0.2, 0.25) is 5.02 Å². The fourth-order valence-corrected chi connectivity index (χ4v) is 13.7. The van der Waals surface area contributed by atoms with Crippen molar-refractivity contribution in [1.82, 2.24) is 5.32 Å². The van der Waals surface area contributed by atoms with Gasteiger partial charge in [-0.3, -0.25) is 19.2 Å². The van der Waals surface area contributed by atoms with Crippen molar-refractivity contribution in [2.45, 2.75) is 133 Å². The van der Waals surface area contributed by atoms with Gasteiger partial charge in [0.1, 0.15) is 11.1 Å². The second-order valence-electron chi connectivity index (χ2n) is 20.3. The van der Waals surface area contributed by atoms with E-state index in [9.17, 15) is 24.3 Å². The van der Waals surface area contributed by atoms with Gasteiger partial charge in [-0.25, -0.2) is 0 Å². The molecule has 2 unspecified atom stereocenters. The summed E-state index contributed by atoms with van der Waals surface area (Å²) in [5, 5.41) is 16.7. The second kappa shape index (κ2) is 15.3. The maximum absolute atomic E-state index is 14.4. The number of ketones is 1. The van der Waals surface area contributed by atoms with E-state index in [-0.39, 0.29) is 63.3 Å². The van der Waals surface area contributed by atoms with E-state index in [0.717, 1.165) is 50.5 Å². The molecule has 0 heterocycles. The smallest absolute Gasteiger partial charge is 0.309 e. The van der Waals surface area contributed by atoms with Crippen LogP contribution >= 0.6 is 23.2 Å². The molecular weight excluding hydrogens is 761 g/mol. The van der Waals surface area contributed by atoms with Crippen LogP contribution in [0.3, 0.4) is 0 Å². The van der Waals surface area contributed by atoms with Crippen LogP contribution in [-0.4, -0.2) is 47.9 Å². The number of carbonyl (C=O) groups excluding carboxylic acids is 3. The van der Waals surface area contributed by atoms with Crippen molar-refractivity contribution >= 4 is 52.5 Å². The lowest BCUT2D eigenvalue weighted by Crippen LogP contribution is -2.66. The molecule has 0 aromatic heterocycles. The Bertz CT molecular complexity index is 1870. The molecule has 4 saturated carbocycles. The molecule has 9 nitrogen and oxygen atoms in total. The van der Waals surface area contributed by atoms with Crippen molar-refractivity contribution in [3.8, 4) is 0 Å². The molecular formula is C46H65Cl2N3O6. The monoisotopic (exact) mass is 825 g/mol. The van der Waals surface area contributed by atoms with Gasteiger partial charge in [0.15, 0.2) is 5.78 Å². The van der Waals surface area contributed by atoms with Gasteiger partial charge >= 0.3 is 11.9 Å². The van der Waals surface area contributed by atoms with Crippen LogP contribution in [0.4, 0.5) is 5.69 Å². The number of nitrogens with two attached hydrogens (primary N) is 1. The zero-order chi connectivity index (χ0) is 42.1. The van der Waals surface area contributed by atoms with E-state index in [1.165, 1.54) is 5.57 Å². The Balaban J connectivity index is 1.35. The number of carboxylic acid groups (broad SMARTS) is 1. The summed E-state index contributed by atoms with van der Waals surface area (Å²) in [6.45, 7) is 20.1. The Morgan fingerprint density at radius 2 is 1.61 bits per heavy atom. The van der Waals surface area contributed by atoms with Gasteiger partial charge in [-0.2, -0.15) is 0 Å². The molecule has 1 aromatic carbocycles. The maximum atomic E-state index is 14.4. The number of carboxylic acids is 1. The number of ether oxygens (including phenoxy) is 1. The summed E-state index contributed by atoms with van der Waals surface area (Å²) >= 11 is 13.3. The molecule has 57 heavy (non-hydrogen) atoms. The molecule has 0 saturated heterocycles. The van der Waals surface area contributed by atoms with E-state index in [4.69, 9.17) is 33.7 Å². The van der Waals surface area contributed by atoms with Gasteiger partial charge in [0.05, 0.1) is 11.8 Å². The Kier molecular flexibility index (Phi) is 11.7. The fourth-order valence-electron chi connectivity index (χ4n) is 13.2. The average Bonchev–Trinajstić information content (AvgIpc) is 3.43. The molecule has 0 spiro atoms. The first-order chi connectivity index (χ1) is 26.5. The van der Waals surface area contributed by atoms with Crippen LogP contribution in [-0.2, 0) is 23.9 Å². The number of rotatable bonds is 11. The molecule has 6 rings (SSSR count). The van der Waals surface area contributed by atoms with Crippen LogP contribution in [0.15, 0.2) is 46.1 Å². The highest BCUT2D eigenvalue weighted by molar-refractivity contribution is 6.44. The zero-order valence-electron chi connectivity index (χ0n) is 35.5. The number of aliphatic carboxylic acids is 1. The van der Waals surface area contributed by atoms with Crippen LogP contribution in [0.5, 0.6) is 0 Å². The second-order valence-corrected chi connectivity index (χ2v) is 21.2. The lowest BCUT2D eigenvalue weighted by atomic mass is 9.33. The number of Topliss-reactive ketones (excluding diaryl/α,β-unsaturated/α-hetero) is 1. The van der Waals surface area contributed by atoms with E-state index in [0.29, 0.717) is 47.8 Å². The van der Waals surface area contributed by atoms with Crippen LogP contribution in [0.25, 0.3) is 0 Å². The predicted octanol–water partition coefficient (Wildman–Crippen LogP) is 9.67. The molecule has 1 amide bonds. The summed E-state index contributed by atoms with van der Waals surface area (Å²) in [5.41, 5.74) is 6.93. The van der Waals surface area contributed by atoms with E-state index in [1.807, 2.05) is 0 Å². The number of benzene rings is 1. The number of anilines is 1. The van der Waals surface area contributed by atoms with Crippen molar-refractivity contribution in [2.75, 3.05) is 18.4 Å². The molecule has 0 aliphatic heterocycles. The van der Waals surface area contributed by atoms with Crippen LogP contribution in [0, 0.1) is 56.2 Å². The molecule has 0 radical (unpaired) electrons. The molecule has 5 N–H and O–H groups in total.